The average Bonchev–Trinajstić information content (AvgIpc) is 3.20. The highest BCUT2D eigenvalue weighted by Crippen LogP contribution is 2.32. The summed E-state index contributed by atoms with van der Waals surface area (Å²) in [5.74, 6) is 0.943. The lowest BCUT2D eigenvalue weighted by Gasteiger charge is -2.10. The summed E-state index contributed by atoms with van der Waals surface area (Å²) in [6.07, 6.45) is 1.73. The van der Waals surface area contributed by atoms with Crippen LogP contribution >= 0.6 is 0 Å². The molecule has 0 aliphatic heterocycles. The van der Waals surface area contributed by atoms with Gasteiger partial charge >= 0.3 is 0 Å². The Morgan fingerprint density at radius 1 is 1.47 bits per heavy atom. The number of hydrogen-bond donors (Lipinski definition) is 2. The van der Waals surface area contributed by atoms with Gasteiger partial charge in [-0.3, -0.25) is 4.79 Å². The number of carbonyl (C=O) groups excluding carboxylic acids is 1. The maximum atomic E-state index is 11.7. The minimum Gasteiger partial charge on any atom is -0.497 e. The SMILES string of the molecule is COc1ccc(C(=O)NCC(O)C2CC2)cc1. The van der Waals surface area contributed by atoms with Crippen molar-refractivity contribution in [1.82, 2.24) is 5.32 Å². The molecule has 0 aromatic heterocycles. The summed E-state index contributed by atoms with van der Waals surface area (Å²) in [5, 5.41) is 12.4. The van der Waals surface area contributed by atoms with E-state index >= 15 is 0 Å². The molecule has 4 nitrogen and oxygen atoms in total. The number of hydrogen-bond acceptors (Lipinski definition) is 3. The topological polar surface area (TPSA) is 58.6 Å². The second kappa shape index (κ2) is 5.19. The molecule has 0 spiro atoms. The number of benzene rings is 1. The monoisotopic (exact) mass is 235 g/mol. The van der Waals surface area contributed by atoms with Gasteiger partial charge in [-0.1, -0.05) is 0 Å². The molecule has 0 heterocycles. The van der Waals surface area contributed by atoms with Crippen LogP contribution in [0.2, 0.25) is 0 Å². The number of nitrogens with one attached hydrogen (secondary N) is 1. The molecule has 1 aromatic rings. The molecule has 2 rings (SSSR count). The van der Waals surface area contributed by atoms with Crippen LogP contribution in [0.5, 0.6) is 5.75 Å². The summed E-state index contributed by atoms with van der Waals surface area (Å²) in [6, 6.07) is 6.90. The number of aliphatic hydroxyl groups excluding tert-OH is 1. The van der Waals surface area contributed by atoms with Gasteiger partial charge in [0.25, 0.3) is 5.91 Å². The molecule has 0 saturated heterocycles. The fourth-order valence-corrected chi connectivity index (χ4v) is 1.69. The van der Waals surface area contributed by atoms with Crippen LogP contribution in [0.3, 0.4) is 0 Å². The molecule has 0 radical (unpaired) electrons. The molecule has 0 bridgehead atoms. The van der Waals surface area contributed by atoms with Crippen LogP contribution in [0.1, 0.15) is 23.2 Å². The second-order valence-corrected chi connectivity index (χ2v) is 4.34. The van der Waals surface area contributed by atoms with Crippen molar-refractivity contribution in [2.24, 2.45) is 5.92 Å². The van der Waals surface area contributed by atoms with E-state index in [2.05, 4.69) is 5.32 Å². The van der Waals surface area contributed by atoms with Gasteiger partial charge in [-0.15, -0.1) is 0 Å². The van der Waals surface area contributed by atoms with Gasteiger partial charge in [-0.25, -0.2) is 0 Å². The van der Waals surface area contributed by atoms with Crippen LogP contribution in [-0.4, -0.2) is 30.8 Å². The second-order valence-electron chi connectivity index (χ2n) is 4.34. The lowest BCUT2D eigenvalue weighted by atomic mass is 10.2. The molecule has 4 heteroatoms. The first-order valence-corrected chi connectivity index (χ1v) is 5.81. The van der Waals surface area contributed by atoms with Gasteiger partial charge in [-0.05, 0) is 43.0 Å². The van der Waals surface area contributed by atoms with Gasteiger partial charge in [-0.2, -0.15) is 0 Å². The van der Waals surface area contributed by atoms with E-state index in [1.165, 1.54) is 0 Å². The van der Waals surface area contributed by atoms with Crippen LogP contribution in [0.4, 0.5) is 0 Å². The summed E-state index contributed by atoms with van der Waals surface area (Å²) in [5.41, 5.74) is 0.578. The molecule has 1 unspecified atom stereocenters. The number of rotatable bonds is 5. The van der Waals surface area contributed by atoms with E-state index in [4.69, 9.17) is 4.74 Å². The molecule has 1 aliphatic rings. The predicted octanol–water partition coefficient (Wildman–Crippen LogP) is 1.20. The standard InChI is InChI=1S/C13H17NO3/c1-17-11-6-4-10(5-7-11)13(16)14-8-12(15)9-2-3-9/h4-7,9,12,15H,2-3,8H2,1H3,(H,14,16). The van der Waals surface area contributed by atoms with Crippen LogP contribution in [-0.2, 0) is 0 Å². The number of methoxy groups -OCH3 is 1. The van der Waals surface area contributed by atoms with E-state index in [-0.39, 0.29) is 5.91 Å². The molecule has 1 fully saturated rings. The van der Waals surface area contributed by atoms with Crippen molar-refractivity contribution in [3.8, 4) is 5.75 Å². The predicted molar refractivity (Wildman–Crippen MR) is 64.1 cm³/mol. The minimum absolute atomic E-state index is 0.160. The first kappa shape index (κ1) is 11.9. The minimum atomic E-state index is -0.405. The third kappa shape index (κ3) is 3.20. The molecule has 1 atom stereocenters. The van der Waals surface area contributed by atoms with Gasteiger partial charge in [0.2, 0.25) is 0 Å². The van der Waals surface area contributed by atoms with E-state index in [1.54, 1.807) is 31.4 Å². The highest BCUT2D eigenvalue weighted by atomic mass is 16.5. The summed E-state index contributed by atoms with van der Waals surface area (Å²) in [7, 11) is 1.58. The molecule has 1 amide bonds. The molecular weight excluding hydrogens is 218 g/mol. The largest absolute Gasteiger partial charge is 0.497 e. The summed E-state index contributed by atoms with van der Waals surface area (Å²) in [6.45, 7) is 0.329. The molecule has 1 aromatic carbocycles. The molecule has 1 saturated carbocycles. The van der Waals surface area contributed by atoms with Crippen LogP contribution in [0.25, 0.3) is 0 Å². The molecule has 1 aliphatic carbocycles. The van der Waals surface area contributed by atoms with Crippen molar-refractivity contribution >= 4 is 5.91 Å². The van der Waals surface area contributed by atoms with Gasteiger partial charge in [0.1, 0.15) is 5.75 Å². The van der Waals surface area contributed by atoms with Gasteiger partial charge in [0, 0.05) is 12.1 Å². The molecule has 2 N–H and O–H groups in total. The third-order valence-corrected chi connectivity index (χ3v) is 2.99. The fraction of sp³-hybridized carbons (Fsp3) is 0.462. The van der Waals surface area contributed by atoms with E-state index in [1.807, 2.05) is 0 Å². The van der Waals surface area contributed by atoms with E-state index < -0.39 is 6.10 Å². The van der Waals surface area contributed by atoms with Gasteiger partial charge in [0.15, 0.2) is 0 Å². The van der Waals surface area contributed by atoms with E-state index in [0.29, 0.717) is 18.0 Å². The number of ether oxygens (including phenoxy) is 1. The van der Waals surface area contributed by atoms with Gasteiger partial charge < -0.3 is 15.2 Å². The number of aliphatic hydroxyl groups is 1. The smallest absolute Gasteiger partial charge is 0.251 e. The van der Waals surface area contributed by atoms with E-state index in [0.717, 1.165) is 18.6 Å². The molecule has 92 valence electrons. The Hall–Kier alpha value is -1.55. The highest BCUT2D eigenvalue weighted by Gasteiger charge is 2.29. The van der Waals surface area contributed by atoms with Crippen molar-refractivity contribution < 1.29 is 14.6 Å². The van der Waals surface area contributed by atoms with Crippen LogP contribution < -0.4 is 10.1 Å². The third-order valence-electron chi connectivity index (χ3n) is 2.99. The lowest BCUT2D eigenvalue weighted by molar-refractivity contribution is 0.0901. The average molecular weight is 235 g/mol. The zero-order valence-electron chi connectivity index (χ0n) is 9.85. The van der Waals surface area contributed by atoms with Crippen LogP contribution in [0.15, 0.2) is 24.3 Å². The first-order chi connectivity index (χ1) is 8.20. The zero-order valence-corrected chi connectivity index (χ0v) is 9.85. The summed E-state index contributed by atoms with van der Waals surface area (Å²) < 4.78 is 5.02. The first-order valence-electron chi connectivity index (χ1n) is 5.81. The van der Waals surface area contributed by atoms with Crippen molar-refractivity contribution in [3.05, 3.63) is 29.8 Å². The van der Waals surface area contributed by atoms with E-state index in [9.17, 15) is 9.90 Å². The number of carbonyl (C=O) groups is 1. The summed E-state index contributed by atoms with van der Waals surface area (Å²) in [4.78, 5) is 11.7. The Labute approximate surface area is 101 Å². The molecule has 17 heavy (non-hydrogen) atoms. The lowest BCUT2D eigenvalue weighted by Crippen LogP contribution is -2.33. The Kier molecular flexibility index (Phi) is 3.64. The maximum absolute atomic E-state index is 11.7. The maximum Gasteiger partial charge on any atom is 0.251 e. The fourth-order valence-electron chi connectivity index (χ4n) is 1.69. The van der Waals surface area contributed by atoms with Crippen molar-refractivity contribution in [2.75, 3.05) is 13.7 Å². The number of amides is 1. The quantitative estimate of drug-likeness (QED) is 0.806. The van der Waals surface area contributed by atoms with Gasteiger partial charge in [0.05, 0.1) is 13.2 Å². The van der Waals surface area contributed by atoms with Crippen molar-refractivity contribution in [2.45, 2.75) is 18.9 Å². The Balaban J connectivity index is 1.85. The normalized spacial score (nSPS) is 16.4. The van der Waals surface area contributed by atoms with Crippen molar-refractivity contribution in [3.63, 3.8) is 0 Å². The Morgan fingerprint density at radius 3 is 2.65 bits per heavy atom. The van der Waals surface area contributed by atoms with Crippen molar-refractivity contribution in [1.29, 1.82) is 0 Å². The zero-order chi connectivity index (χ0) is 12.3. The Bertz CT molecular complexity index is 384. The summed E-state index contributed by atoms with van der Waals surface area (Å²) >= 11 is 0. The highest BCUT2D eigenvalue weighted by molar-refractivity contribution is 5.94. The van der Waals surface area contributed by atoms with Crippen LogP contribution in [0, 0.1) is 5.92 Å². The molecular formula is C13H17NO3. The Morgan fingerprint density at radius 2 is 2.12 bits per heavy atom.